The van der Waals surface area contributed by atoms with E-state index < -0.39 is 0 Å². The van der Waals surface area contributed by atoms with Gasteiger partial charge in [-0.15, -0.1) is 0 Å². The average molecular weight is 300 g/mol. The molecule has 0 bridgehead atoms. The van der Waals surface area contributed by atoms with Gasteiger partial charge in [-0.3, -0.25) is 0 Å². The number of nitrogens with zero attached hydrogens (tertiary/aromatic N) is 1. The van der Waals surface area contributed by atoms with Crippen molar-refractivity contribution in [2.24, 2.45) is 0 Å². The molecule has 0 heterocycles. The van der Waals surface area contributed by atoms with Gasteiger partial charge in [-0.25, -0.2) is 4.58 Å². The molecule has 0 fully saturated rings. The quantitative estimate of drug-likeness (QED) is 0.527. The van der Waals surface area contributed by atoms with Crippen LogP contribution >= 0.6 is 0 Å². The Morgan fingerprint density at radius 3 is 2.73 bits per heavy atom. The molecule has 0 saturated heterocycles. The van der Waals surface area contributed by atoms with Crippen molar-refractivity contribution in [2.45, 2.75) is 12.8 Å². The van der Waals surface area contributed by atoms with Crippen LogP contribution in [-0.2, 0) is 11.2 Å². The fourth-order valence-electron chi connectivity index (χ4n) is 2.56. The number of fused-ring (bicyclic) bond motifs is 1. The van der Waals surface area contributed by atoms with Gasteiger partial charge in [-0.1, -0.05) is 6.07 Å². The first-order valence-electron chi connectivity index (χ1n) is 7.11. The molecule has 0 radical (unpaired) electrons. The molecule has 1 N–H and O–H groups in total. The second kappa shape index (κ2) is 6.98. The topological polar surface area (TPSA) is 41.7 Å². The van der Waals surface area contributed by atoms with Crippen LogP contribution in [0, 0.1) is 0 Å². The standard InChI is InChI=1S/C18H21NO3/c1-19(2)12-14-6-5-13-11-15(21-3)7-8-16(13)17(14)9-10-18(20)22-4/h7-12H,1,5-6H2,2-4H3/p+1/b14-12+,17-9+,18-10+. The maximum absolute atomic E-state index is 9.52. The maximum atomic E-state index is 9.52. The largest absolute Gasteiger partial charge is 0.497 e. The molecule has 116 valence electrons. The number of hydrogen-bond acceptors (Lipinski definition) is 3. The average Bonchev–Trinajstić information content (AvgIpc) is 2.52. The summed E-state index contributed by atoms with van der Waals surface area (Å²) in [6.45, 7) is 3.88. The highest BCUT2D eigenvalue weighted by atomic mass is 16.6. The molecule has 1 aromatic carbocycles. The van der Waals surface area contributed by atoms with E-state index in [1.807, 2.05) is 31.5 Å². The summed E-state index contributed by atoms with van der Waals surface area (Å²) in [5.74, 6) is 0.741. The van der Waals surface area contributed by atoms with Crippen LogP contribution in [0.2, 0.25) is 0 Å². The van der Waals surface area contributed by atoms with E-state index in [4.69, 9.17) is 9.47 Å². The van der Waals surface area contributed by atoms with E-state index in [2.05, 4.69) is 12.8 Å². The Balaban J connectivity index is 2.53. The van der Waals surface area contributed by atoms with Crippen LogP contribution in [0.1, 0.15) is 17.5 Å². The molecule has 0 aliphatic heterocycles. The Labute approximate surface area is 131 Å². The van der Waals surface area contributed by atoms with Crippen molar-refractivity contribution in [1.29, 1.82) is 0 Å². The summed E-state index contributed by atoms with van der Waals surface area (Å²) in [5, 5.41) is 9.52. The molecule has 1 aromatic rings. The Morgan fingerprint density at radius 1 is 1.32 bits per heavy atom. The third kappa shape index (κ3) is 3.58. The molecule has 1 aliphatic rings. The third-order valence-corrected chi connectivity index (χ3v) is 3.59. The molecule has 0 atom stereocenters. The van der Waals surface area contributed by atoms with Gasteiger partial charge in [0.2, 0.25) is 0 Å². The zero-order valence-electron chi connectivity index (χ0n) is 13.3. The van der Waals surface area contributed by atoms with E-state index in [1.54, 1.807) is 17.8 Å². The van der Waals surface area contributed by atoms with Crippen molar-refractivity contribution >= 4 is 12.3 Å². The van der Waals surface area contributed by atoms with Crippen LogP contribution in [0.4, 0.5) is 0 Å². The summed E-state index contributed by atoms with van der Waals surface area (Å²) in [4.78, 5) is 0. The SMILES string of the molecule is C=[N+](C)\C=C1/CCc2cc(OC)ccc2/C1=C/C=C(\O)OC. The van der Waals surface area contributed by atoms with Crippen LogP contribution in [0.15, 0.2) is 48.1 Å². The number of benzene rings is 1. The van der Waals surface area contributed by atoms with Crippen molar-refractivity contribution in [1.82, 2.24) is 0 Å². The minimum Gasteiger partial charge on any atom is -0.497 e. The maximum Gasteiger partial charge on any atom is 0.276 e. The molecule has 0 aromatic heterocycles. The third-order valence-electron chi connectivity index (χ3n) is 3.59. The monoisotopic (exact) mass is 300 g/mol. The molecule has 0 unspecified atom stereocenters. The van der Waals surface area contributed by atoms with E-state index in [9.17, 15) is 5.11 Å². The van der Waals surface area contributed by atoms with Crippen molar-refractivity contribution in [3.63, 3.8) is 0 Å². The number of aryl methyl sites for hydroxylation is 1. The van der Waals surface area contributed by atoms with Gasteiger partial charge in [0.1, 0.15) is 19.5 Å². The van der Waals surface area contributed by atoms with Gasteiger partial charge in [0.05, 0.1) is 14.2 Å². The number of rotatable bonds is 4. The Hall–Kier alpha value is -2.49. The first kappa shape index (κ1) is 15.9. The van der Waals surface area contributed by atoms with Crippen LogP contribution in [0.25, 0.3) is 5.57 Å². The van der Waals surface area contributed by atoms with Crippen LogP contribution in [-0.4, -0.2) is 37.7 Å². The van der Waals surface area contributed by atoms with Gasteiger partial charge in [0.25, 0.3) is 5.95 Å². The lowest BCUT2D eigenvalue weighted by Crippen LogP contribution is -2.07. The fourth-order valence-corrected chi connectivity index (χ4v) is 2.56. The van der Waals surface area contributed by atoms with E-state index >= 15 is 0 Å². The number of ether oxygens (including phenoxy) is 2. The first-order valence-corrected chi connectivity index (χ1v) is 7.11. The van der Waals surface area contributed by atoms with Crippen molar-refractivity contribution in [3.05, 3.63) is 59.2 Å². The molecule has 0 spiro atoms. The molecule has 0 saturated carbocycles. The van der Waals surface area contributed by atoms with Gasteiger partial charge < -0.3 is 14.6 Å². The lowest BCUT2D eigenvalue weighted by atomic mass is 9.83. The lowest BCUT2D eigenvalue weighted by Gasteiger charge is -2.21. The van der Waals surface area contributed by atoms with Gasteiger partial charge in [0.15, 0.2) is 6.20 Å². The molecule has 1 aliphatic carbocycles. The van der Waals surface area contributed by atoms with E-state index in [1.165, 1.54) is 18.2 Å². The van der Waals surface area contributed by atoms with Crippen molar-refractivity contribution < 1.29 is 19.2 Å². The van der Waals surface area contributed by atoms with Gasteiger partial charge in [-0.05, 0) is 47.8 Å². The highest BCUT2D eigenvalue weighted by molar-refractivity contribution is 5.83. The van der Waals surface area contributed by atoms with E-state index in [0.29, 0.717) is 0 Å². The number of hydrogen-bond donors (Lipinski definition) is 1. The molecule has 4 heteroatoms. The summed E-state index contributed by atoms with van der Waals surface area (Å²) >= 11 is 0. The van der Waals surface area contributed by atoms with Gasteiger partial charge in [-0.2, -0.15) is 0 Å². The molecule has 2 rings (SSSR count). The number of aliphatic hydroxyl groups is 1. The predicted molar refractivity (Wildman–Crippen MR) is 88.4 cm³/mol. The minimum absolute atomic E-state index is 0.115. The molecule has 0 amide bonds. The van der Waals surface area contributed by atoms with Gasteiger partial charge in [0, 0.05) is 11.6 Å². The zero-order chi connectivity index (χ0) is 16.1. The number of allylic oxidation sites excluding steroid dienone is 4. The summed E-state index contributed by atoms with van der Waals surface area (Å²) in [6.07, 6.45) is 7.30. The Morgan fingerprint density at radius 2 is 2.09 bits per heavy atom. The first-order chi connectivity index (χ1) is 10.5. The predicted octanol–water partition coefficient (Wildman–Crippen LogP) is 3.30. The lowest BCUT2D eigenvalue weighted by molar-refractivity contribution is -0.412. The summed E-state index contributed by atoms with van der Waals surface area (Å²) < 4.78 is 11.9. The Bertz CT molecular complexity index is 669. The van der Waals surface area contributed by atoms with Crippen molar-refractivity contribution in [2.75, 3.05) is 21.3 Å². The molecule has 22 heavy (non-hydrogen) atoms. The number of methoxy groups -OCH3 is 2. The number of aliphatic hydroxyl groups excluding tert-OH is 1. The Kier molecular flexibility index (Phi) is 5.04. The highest BCUT2D eigenvalue weighted by Gasteiger charge is 2.20. The summed E-state index contributed by atoms with van der Waals surface area (Å²) in [6, 6.07) is 6.06. The fraction of sp³-hybridized carbons (Fsp3) is 0.278. The summed E-state index contributed by atoms with van der Waals surface area (Å²) in [7, 11) is 5.00. The summed E-state index contributed by atoms with van der Waals surface area (Å²) in [5.41, 5.74) is 4.61. The van der Waals surface area contributed by atoms with E-state index in [0.717, 1.165) is 29.7 Å². The van der Waals surface area contributed by atoms with Crippen LogP contribution in [0.3, 0.4) is 0 Å². The van der Waals surface area contributed by atoms with Crippen molar-refractivity contribution in [3.8, 4) is 5.75 Å². The minimum atomic E-state index is -0.115. The zero-order valence-corrected chi connectivity index (χ0v) is 13.3. The second-order valence-electron chi connectivity index (χ2n) is 5.22. The molecule has 4 nitrogen and oxygen atoms in total. The second-order valence-corrected chi connectivity index (χ2v) is 5.22. The van der Waals surface area contributed by atoms with Crippen LogP contribution < -0.4 is 4.74 Å². The molecular weight excluding hydrogens is 278 g/mol. The van der Waals surface area contributed by atoms with E-state index in [-0.39, 0.29) is 5.95 Å². The smallest absolute Gasteiger partial charge is 0.276 e. The normalized spacial score (nSPS) is 18.2. The van der Waals surface area contributed by atoms with Gasteiger partial charge >= 0.3 is 0 Å². The highest BCUT2D eigenvalue weighted by Crippen LogP contribution is 2.36. The van der Waals surface area contributed by atoms with Crippen LogP contribution in [0.5, 0.6) is 5.75 Å². The molecular formula is C18H22NO3+.